The van der Waals surface area contributed by atoms with Gasteiger partial charge in [0.05, 0.1) is 18.8 Å². The van der Waals surface area contributed by atoms with Gasteiger partial charge < -0.3 is 19.6 Å². The molecule has 0 atom stereocenters. The minimum atomic E-state index is -1.28. The number of furan rings is 1. The van der Waals surface area contributed by atoms with E-state index in [1.807, 2.05) is 0 Å². The number of carboxylic acid groups (broad SMARTS) is 1. The lowest BCUT2D eigenvalue weighted by atomic mass is 9.95. The summed E-state index contributed by atoms with van der Waals surface area (Å²) < 4.78 is 5.18. The minimum absolute atomic E-state index is 0.0452. The fourth-order valence-corrected chi connectivity index (χ4v) is 2.49. The Hall–Kier alpha value is -3.34. The zero-order chi connectivity index (χ0) is 16.9. The monoisotopic (exact) mass is 320 g/mol. The van der Waals surface area contributed by atoms with Crippen molar-refractivity contribution in [1.29, 1.82) is 0 Å². The molecule has 24 heavy (non-hydrogen) atoms. The molecule has 3 aromatic rings. The van der Waals surface area contributed by atoms with Crippen LogP contribution in [0.1, 0.15) is 26.5 Å². The van der Waals surface area contributed by atoms with Crippen LogP contribution in [0.5, 0.6) is 0 Å². The molecule has 0 aliphatic rings. The number of rotatable bonds is 5. The van der Waals surface area contributed by atoms with Gasteiger partial charge in [-0.15, -0.1) is 0 Å². The van der Waals surface area contributed by atoms with Crippen LogP contribution in [-0.4, -0.2) is 11.9 Å². The first-order chi connectivity index (χ1) is 11.7. The summed E-state index contributed by atoms with van der Waals surface area (Å²) in [6, 6.07) is 16.8. The maximum Gasteiger partial charge on any atom is 0.252 e. The van der Waals surface area contributed by atoms with Gasteiger partial charge in [0.1, 0.15) is 5.76 Å². The highest BCUT2D eigenvalue weighted by atomic mass is 16.4. The summed E-state index contributed by atoms with van der Waals surface area (Å²) in [4.78, 5) is 23.8. The van der Waals surface area contributed by atoms with Crippen LogP contribution in [0.3, 0.4) is 0 Å². The topological polar surface area (TPSA) is 82.4 Å². The Balaban J connectivity index is 1.94. The third kappa shape index (κ3) is 3.20. The van der Waals surface area contributed by atoms with Crippen LogP contribution < -0.4 is 10.4 Å². The van der Waals surface area contributed by atoms with Gasteiger partial charge in [0.25, 0.3) is 5.91 Å². The molecule has 0 fully saturated rings. The van der Waals surface area contributed by atoms with Gasteiger partial charge >= 0.3 is 0 Å². The molecule has 0 bridgehead atoms. The van der Waals surface area contributed by atoms with E-state index in [1.165, 1.54) is 12.3 Å². The molecule has 0 saturated heterocycles. The number of carbonyl (C=O) groups excluding carboxylic acids is 2. The van der Waals surface area contributed by atoms with Crippen LogP contribution in [-0.2, 0) is 6.54 Å². The summed E-state index contributed by atoms with van der Waals surface area (Å²) in [6.07, 6.45) is 1.53. The fourth-order valence-electron chi connectivity index (χ4n) is 2.49. The predicted octanol–water partition coefficient (Wildman–Crippen LogP) is 2.24. The molecule has 1 amide bonds. The summed E-state index contributed by atoms with van der Waals surface area (Å²) in [5, 5.41) is 14.1. The van der Waals surface area contributed by atoms with E-state index in [0.29, 0.717) is 22.5 Å². The van der Waals surface area contributed by atoms with Crippen LogP contribution in [0.15, 0.2) is 71.3 Å². The number of carboxylic acids is 1. The molecular formula is C19H14NO4-. The van der Waals surface area contributed by atoms with E-state index in [-0.39, 0.29) is 18.0 Å². The Labute approximate surface area is 138 Å². The quantitative estimate of drug-likeness (QED) is 0.781. The Morgan fingerprint density at radius 1 is 0.875 bits per heavy atom. The van der Waals surface area contributed by atoms with Crippen LogP contribution in [0.4, 0.5) is 0 Å². The van der Waals surface area contributed by atoms with Crippen LogP contribution in [0.25, 0.3) is 11.1 Å². The molecule has 1 heterocycles. The lowest BCUT2D eigenvalue weighted by molar-refractivity contribution is -0.254. The summed E-state index contributed by atoms with van der Waals surface area (Å²) in [5.74, 6) is -0.956. The molecule has 1 N–H and O–H groups in total. The van der Waals surface area contributed by atoms with Crippen molar-refractivity contribution in [1.82, 2.24) is 5.32 Å². The molecule has 120 valence electrons. The highest BCUT2D eigenvalue weighted by molar-refractivity contribution is 6.04. The van der Waals surface area contributed by atoms with E-state index in [1.54, 1.807) is 54.6 Å². The van der Waals surface area contributed by atoms with Gasteiger partial charge in [-0.05, 0) is 29.3 Å². The Bertz CT molecular complexity index is 869. The predicted molar refractivity (Wildman–Crippen MR) is 86.1 cm³/mol. The molecular weight excluding hydrogens is 306 g/mol. The first kappa shape index (κ1) is 15.6. The van der Waals surface area contributed by atoms with E-state index in [0.717, 1.165) is 0 Å². The zero-order valence-electron chi connectivity index (χ0n) is 12.7. The van der Waals surface area contributed by atoms with Crippen molar-refractivity contribution in [3.8, 4) is 11.1 Å². The lowest BCUT2D eigenvalue weighted by Crippen LogP contribution is -2.25. The molecule has 5 nitrogen and oxygen atoms in total. The molecule has 1 aromatic heterocycles. The van der Waals surface area contributed by atoms with Crippen molar-refractivity contribution < 1.29 is 19.1 Å². The van der Waals surface area contributed by atoms with Crippen LogP contribution in [0.2, 0.25) is 0 Å². The molecule has 0 saturated carbocycles. The van der Waals surface area contributed by atoms with Crippen LogP contribution in [0, 0.1) is 0 Å². The highest BCUT2D eigenvalue weighted by Gasteiger charge is 2.15. The summed E-state index contributed by atoms with van der Waals surface area (Å²) in [5.41, 5.74) is 1.41. The number of hydrogen-bond acceptors (Lipinski definition) is 4. The standard InChI is InChI=1S/C19H15NO4/c21-18(20-12-13-6-5-11-24-13)16-9-3-1-7-14(16)15-8-2-4-10-17(15)19(22)23/h1-11H,12H2,(H,20,21)(H,22,23)/p-1. The third-order valence-electron chi connectivity index (χ3n) is 3.61. The number of amides is 1. The van der Waals surface area contributed by atoms with Gasteiger partial charge in [0.15, 0.2) is 0 Å². The second kappa shape index (κ2) is 6.83. The normalized spacial score (nSPS) is 10.3. The lowest BCUT2D eigenvalue weighted by Gasteiger charge is -2.14. The maximum absolute atomic E-state index is 12.5. The molecule has 0 unspecified atom stereocenters. The molecule has 0 aliphatic carbocycles. The number of hydrogen-bond donors (Lipinski definition) is 1. The minimum Gasteiger partial charge on any atom is -0.545 e. The smallest absolute Gasteiger partial charge is 0.252 e. The molecule has 3 rings (SSSR count). The van der Waals surface area contributed by atoms with Crippen molar-refractivity contribution in [2.45, 2.75) is 6.54 Å². The molecule has 5 heteroatoms. The van der Waals surface area contributed by atoms with Gasteiger partial charge in [-0.25, -0.2) is 0 Å². The van der Waals surface area contributed by atoms with Gasteiger partial charge in [0.2, 0.25) is 0 Å². The van der Waals surface area contributed by atoms with E-state index in [9.17, 15) is 14.7 Å². The summed E-state index contributed by atoms with van der Waals surface area (Å²) >= 11 is 0. The second-order valence-electron chi connectivity index (χ2n) is 5.14. The van der Waals surface area contributed by atoms with Crippen molar-refractivity contribution >= 4 is 11.9 Å². The van der Waals surface area contributed by atoms with Gasteiger partial charge in [0, 0.05) is 11.1 Å². The first-order valence-electron chi connectivity index (χ1n) is 7.37. The van der Waals surface area contributed by atoms with E-state index >= 15 is 0 Å². The number of carbonyl (C=O) groups is 2. The van der Waals surface area contributed by atoms with Crippen molar-refractivity contribution in [2.24, 2.45) is 0 Å². The summed E-state index contributed by atoms with van der Waals surface area (Å²) in [6.45, 7) is 0.252. The van der Waals surface area contributed by atoms with E-state index < -0.39 is 5.97 Å². The Morgan fingerprint density at radius 2 is 1.50 bits per heavy atom. The molecule has 0 aliphatic heterocycles. The Kier molecular flexibility index (Phi) is 4.43. The van der Waals surface area contributed by atoms with Crippen molar-refractivity contribution in [2.75, 3.05) is 0 Å². The van der Waals surface area contributed by atoms with Crippen molar-refractivity contribution in [3.63, 3.8) is 0 Å². The average molecular weight is 320 g/mol. The molecule has 2 aromatic carbocycles. The van der Waals surface area contributed by atoms with E-state index in [2.05, 4.69) is 5.32 Å². The second-order valence-corrected chi connectivity index (χ2v) is 5.14. The number of nitrogens with one attached hydrogen (secondary N) is 1. The SMILES string of the molecule is O=C([O-])c1ccccc1-c1ccccc1C(=O)NCc1ccco1. The third-order valence-corrected chi connectivity index (χ3v) is 3.61. The fraction of sp³-hybridized carbons (Fsp3) is 0.0526. The Morgan fingerprint density at radius 3 is 2.12 bits per heavy atom. The van der Waals surface area contributed by atoms with Crippen molar-refractivity contribution in [3.05, 3.63) is 83.8 Å². The van der Waals surface area contributed by atoms with Gasteiger partial charge in [-0.3, -0.25) is 4.79 Å². The van der Waals surface area contributed by atoms with E-state index in [4.69, 9.17) is 4.42 Å². The van der Waals surface area contributed by atoms with Gasteiger partial charge in [-0.2, -0.15) is 0 Å². The summed E-state index contributed by atoms with van der Waals surface area (Å²) in [7, 11) is 0. The van der Waals surface area contributed by atoms with Crippen LogP contribution >= 0.6 is 0 Å². The first-order valence-corrected chi connectivity index (χ1v) is 7.37. The largest absolute Gasteiger partial charge is 0.545 e. The van der Waals surface area contributed by atoms with Gasteiger partial charge in [-0.1, -0.05) is 42.5 Å². The number of aromatic carboxylic acids is 1. The zero-order valence-corrected chi connectivity index (χ0v) is 12.7. The molecule has 0 radical (unpaired) electrons. The molecule has 0 spiro atoms. The maximum atomic E-state index is 12.5. The average Bonchev–Trinajstić information content (AvgIpc) is 3.13. The highest BCUT2D eigenvalue weighted by Crippen LogP contribution is 2.27. The number of benzene rings is 2.